The van der Waals surface area contributed by atoms with Gasteiger partial charge >= 0.3 is 0 Å². The topological polar surface area (TPSA) is 101 Å². The highest BCUT2D eigenvalue weighted by Gasteiger charge is 2.58. The molecule has 0 aliphatic heterocycles. The lowest BCUT2D eigenvalue weighted by atomic mass is 9.55. The van der Waals surface area contributed by atoms with Crippen LogP contribution in [0, 0.1) is 18.2 Å². The number of pyridine rings is 1. The van der Waals surface area contributed by atoms with Crippen molar-refractivity contribution in [1.29, 1.82) is 0 Å². The Balaban J connectivity index is 1.32. The molecule has 1 heterocycles. The van der Waals surface area contributed by atoms with Crippen molar-refractivity contribution < 1.29 is 23.8 Å². The van der Waals surface area contributed by atoms with Gasteiger partial charge in [-0.2, -0.15) is 0 Å². The van der Waals surface area contributed by atoms with Crippen LogP contribution in [-0.4, -0.2) is 40.2 Å². The Morgan fingerprint density at radius 3 is 2.67 bits per heavy atom. The van der Waals surface area contributed by atoms with E-state index in [1.165, 1.54) is 12.1 Å². The summed E-state index contributed by atoms with van der Waals surface area (Å²) in [6.07, 6.45) is 3.26. The number of carbonyl (C=O) groups excluding carboxylic acids is 2. The molecule has 9 heteroatoms. The lowest BCUT2D eigenvalue weighted by Crippen LogP contribution is -2.65. The number of aliphatic hydroxyl groups excluding tert-OH is 1. The Bertz CT molecular complexity index is 1060. The summed E-state index contributed by atoms with van der Waals surface area (Å²) in [4.78, 5) is 29.8. The number of hydrogen-bond acceptors (Lipinski definition) is 5. The zero-order chi connectivity index (χ0) is 23.6. The maximum absolute atomic E-state index is 13.5. The summed E-state index contributed by atoms with van der Waals surface area (Å²) < 4.78 is 18.9. The number of amides is 2. The molecular weight excluding hydrogens is 449 g/mol. The number of aromatic nitrogens is 1. The van der Waals surface area contributed by atoms with E-state index in [0.717, 1.165) is 17.3 Å². The number of nitrogens with one attached hydrogen (secondary N) is 2. The molecule has 1 aromatic heterocycles. The quantitative estimate of drug-likeness (QED) is 0.571. The molecule has 3 fully saturated rings. The Kier molecular flexibility index (Phi) is 6.59. The number of aryl methyl sites for hydroxylation is 1. The normalized spacial score (nSPS) is 26.0. The highest BCUT2D eigenvalue weighted by molar-refractivity contribution is 6.30. The van der Waals surface area contributed by atoms with E-state index >= 15 is 0 Å². The molecule has 2 aromatic rings. The van der Waals surface area contributed by atoms with E-state index in [1.807, 2.05) is 19.1 Å². The van der Waals surface area contributed by atoms with E-state index in [0.29, 0.717) is 38.6 Å². The molecule has 2 amide bonds. The number of rotatable bonds is 7. The lowest BCUT2D eigenvalue weighted by Gasteiger charge is -2.55. The maximum Gasteiger partial charge on any atom is 0.258 e. The summed E-state index contributed by atoms with van der Waals surface area (Å²) in [5.74, 6) is -0.952. The molecule has 0 saturated heterocycles. The molecule has 33 heavy (non-hydrogen) atoms. The molecule has 1 unspecified atom stereocenters. The first-order valence-corrected chi connectivity index (χ1v) is 11.4. The lowest BCUT2D eigenvalue weighted by molar-refractivity contribution is -0.156. The zero-order valence-corrected chi connectivity index (χ0v) is 19.1. The average Bonchev–Trinajstić information content (AvgIpc) is 2.79. The Morgan fingerprint density at radius 1 is 1.24 bits per heavy atom. The van der Waals surface area contributed by atoms with Gasteiger partial charge in [-0.15, -0.1) is 0 Å². The summed E-state index contributed by atoms with van der Waals surface area (Å²) in [6, 6.07) is 7.78. The summed E-state index contributed by atoms with van der Waals surface area (Å²) in [5.41, 5.74) is 0.398. The SMILES string of the molecule is Cc1ccnc(CNC(=O)C23CCC(NC(=O)COc4ccc(Cl)c(F)c4)(CC2)CC3O)c1. The minimum absolute atomic E-state index is 0.0215. The average molecular weight is 476 g/mol. The van der Waals surface area contributed by atoms with Gasteiger partial charge in [0.25, 0.3) is 5.91 Å². The van der Waals surface area contributed by atoms with Gasteiger partial charge in [0.1, 0.15) is 11.6 Å². The second-order valence-corrected chi connectivity index (χ2v) is 9.48. The van der Waals surface area contributed by atoms with Crippen molar-refractivity contribution in [2.24, 2.45) is 5.41 Å². The predicted molar refractivity (Wildman–Crippen MR) is 120 cm³/mol. The van der Waals surface area contributed by atoms with E-state index in [1.54, 1.807) is 6.20 Å². The highest BCUT2D eigenvalue weighted by Crippen LogP contribution is 2.52. The number of halogens is 2. The van der Waals surface area contributed by atoms with Crippen LogP contribution in [-0.2, 0) is 16.1 Å². The first-order valence-electron chi connectivity index (χ1n) is 11.0. The van der Waals surface area contributed by atoms with Crippen molar-refractivity contribution in [3.05, 3.63) is 58.6 Å². The van der Waals surface area contributed by atoms with Crippen LogP contribution in [0.2, 0.25) is 5.02 Å². The van der Waals surface area contributed by atoms with Gasteiger partial charge in [0.15, 0.2) is 6.61 Å². The van der Waals surface area contributed by atoms with Crippen LogP contribution in [0.4, 0.5) is 4.39 Å². The number of hydrogen-bond donors (Lipinski definition) is 3. The van der Waals surface area contributed by atoms with Gasteiger partial charge in [0.2, 0.25) is 5.91 Å². The van der Waals surface area contributed by atoms with E-state index < -0.39 is 22.9 Å². The molecule has 0 spiro atoms. The molecule has 3 aliphatic rings. The van der Waals surface area contributed by atoms with Crippen LogP contribution in [0.3, 0.4) is 0 Å². The van der Waals surface area contributed by atoms with Crippen molar-refractivity contribution in [1.82, 2.24) is 15.6 Å². The monoisotopic (exact) mass is 475 g/mol. The summed E-state index contributed by atoms with van der Waals surface area (Å²) in [7, 11) is 0. The number of ether oxygens (including phenoxy) is 1. The van der Waals surface area contributed by atoms with Crippen molar-refractivity contribution >= 4 is 23.4 Å². The molecule has 5 rings (SSSR count). The van der Waals surface area contributed by atoms with Crippen molar-refractivity contribution in [2.75, 3.05) is 6.61 Å². The smallest absolute Gasteiger partial charge is 0.258 e. The third-order valence-corrected chi connectivity index (χ3v) is 7.15. The van der Waals surface area contributed by atoms with Crippen LogP contribution in [0.5, 0.6) is 5.75 Å². The molecule has 1 atom stereocenters. The van der Waals surface area contributed by atoms with Gasteiger partial charge < -0.3 is 20.5 Å². The maximum atomic E-state index is 13.5. The largest absolute Gasteiger partial charge is 0.484 e. The second kappa shape index (κ2) is 9.27. The van der Waals surface area contributed by atoms with Crippen LogP contribution in [0.15, 0.2) is 36.5 Å². The van der Waals surface area contributed by atoms with Crippen LogP contribution < -0.4 is 15.4 Å². The number of carbonyl (C=O) groups is 2. The fourth-order valence-electron chi connectivity index (χ4n) is 4.92. The fraction of sp³-hybridized carbons (Fsp3) is 0.458. The number of benzene rings is 1. The van der Waals surface area contributed by atoms with Gasteiger partial charge in [-0.1, -0.05) is 11.6 Å². The van der Waals surface area contributed by atoms with Gasteiger partial charge in [-0.25, -0.2) is 4.39 Å². The molecule has 7 nitrogen and oxygen atoms in total. The Hall–Kier alpha value is -2.71. The van der Waals surface area contributed by atoms with Crippen LogP contribution in [0.25, 0.3) is 0 Å². The Labute approximate surface area is 196 Å². The van der Waals surface area contributed by atoms with Crippen molar-refractivity contribution in [2.45, 2.75) is 57.2 Å². The van der Waals surface area contributed by atoms with Gasteiger partial charge in [0, 0.05) is 17.8 Å². The first-order chi connectivity index (χ1) is 15.7. The molecule has 1 aromatic carbocycles. The van der Waals surface area contributed by atoms with Crippen molar-refractivity contribution in [3.63, 3.8) is 0 Å². The van der Waals surface area contributed by atoms with Gasteiger partial charge in [-0.05, 0) is 68.9 Å². The number of fused-ring (bicyclic) bond motifs is 3. The van der Waals surface area contributed by atoms with Crippen LogP contribution >= 0.6 is 11.6 Å². The molecule has 3 saturated carbocycles. The minimum Gasteiger partial charge on any atom is -0.484 e. The van der Waals surface area contributed by atoms with Gasteiger partial charge in [0.05, 0.1) is 28.8 Å². The summed E-state index contributed by atoms with van der Waals surface area (Å²) in [5, 5.41) is 16.8. The van der Waals surface area contributed by atoms with E-state index in [-0.39, 0.29) is 29.2 Å². The molecule has 0 radical (unpaired) electrons. The molecular formula is C24H27ClFN3O4. The third-order valence-electron chi connectivity index (χ3n) is 6.84. The zero-order valence-electron chi connectivity index (χ0n) is 18.4. The number of aliphatic hydroxyl groups is 1. The van der Waals surface area contributed by atoms with Gasteiger partial charge in [-0.3, -0.25) is 14.6 Å². The van der Waals surface area contributed by atoms with E-state index in [4.69, 9.17) is 16.3 Å². The van der Waals surface area contributed by atoms with E-state index in [2.05, 4.69) is 15.6 Å². The standard InChI is InChI=1S/C24H27ClFN3O4/c1-15-4-9-27-16(10-15)13-28-22(32)24-7-5-23(6-8-24,12-20(24)30)29-21(31)14-33-17-2-3-18(25)19(26)11-17/h2-4,9-11,20,30H,5-8,12-14H2,1H3,(H,28,32)(H,29,31). The van der Waals surface area contributed by atoms with Crippen LogP contribution in [0.1, 0.15) is 43.4 Å². The summed E-state index contributed by atoms with van der Waals surface area (Å²) in [6.45, 7) is 1.98. The predicted octanol–water partition coefficient (Wildman–Crippen LogP) is 3.06. The molecule has 3 N–H and O–H groups in total. The molecule has 2 bridgehead atoms. The molecule has 3 aliphatic carbocycles. The second-order valence-electron chi connectivity index (χ2n) is 9.08. The third kappa shape index (κ3) is 4.96. The van der Waals surface area contributed by atoms with E-state index in [9.17, 15) is 19.1 Å². The molecule has 176 valence electrons. The number of nitrogens with zero attached hydrogens (tertiary/aromatic N) is 1. The van der Waals surface area contributed by atoms with Crippen molar-refractivity contribution in [3.8, 4) is 5.75 Å². The highest BCUT2D eigenvalue weighted by atomic mass is 35.5. The minimum atomic E-state index is -0.864. The Morgan fingerprint density at radius 2 is 2.00 bits per heavy atom. The summed E-state index contributed by atoms with van der Waals surface area (Å²) >= 11 is 5.65. The fourth-order valence-corrected chi connectivity index (χ4v) is 5.04. The first kappa shape index (κ1) is 23.4.